The van der Waals surface area contributed by atoms with E-state index in [1.54, 1.807) is 35.3 Å². The summed E-state index contributed by atoms with van der Waals surface area (Å²) in [4.78, 5) is 26.9. The van der Waals surface area contributed by atoms with E-state index in [2.05, 4.69) is 32.1 Å². The number of amides is 1. The average molecular weight is 509 g/mol. The molecule has 1 N–H and O–H groups in total. The summed E-state index contributed by atoms with van der Waals surface area (Å²) in [7, 11) is 2.13. The molecule has 1 unspecified atom stereocenters. The highest BCUT2D eigenvalue weighted by atomic mass is 35.5. The van der Waals surface area contributed by atoms with Crippen LogP contribution in [0.4, 0.5) is 0 Å². The topological polar surface area (TPSA) is 66.3 Å². The number of fused-ring (bicyclic) bond motifs is 1. The van der Waals surface area contributed by atoms with Gasteiger partial charge in [0.15, 0.2) is 0 Å². The van der Waals surface area contributed by atoms with E-state index in [0.29, 0.717) is 33.5 Å². The van der Waals surface area contributed by atoms with E-state index in [1.165, 1.54) is 0 Å². The minimum Gasteiger partial charge on any atom is -0.350 e. The number of piperazine rings is 1. The third kappa shape index (κ3) is 5.04. The lowest BCUT2D eigenvalue weighted by molar-refractivity contribution is 0.0887. The fraction of sp³-hybridized carbons (Fsp3) is 0.269. The lowest BCUT2D eigenvalue weighted by atomic mass is 10.0. The quantitative estimate of drug-likeness (QED) is 0.416. The van der Waals surface area contributed by atoms with E-state index < -0.39 is 0 Å². The number of nitrogens with zero attached hydrogens (tertiary/aromatic N) is 5. The van der Waals surface area contributed by atoms with E-state index in [4.69, 9.17) is 23.2 Å². The van der Waals surface area contributed by atoms with Crippen LogP contribution in [0.1, 0.15) is 22.0 Å². The molecule has 0 aliphatic carbocycles. The standard InChI is InChI=1S/C26H26Cl2N6O/c1-32-12-14-33(15-13-32)23(18-6-8-19(27)9-7-18)16-31-25(35)20-17-34(26-29-10-3-11-30-26)22-5-2-4-21(28)24(20)22/h2-11,17,23H,12-16H2,1H3,(H,31,35). The van der Waals surface area contributed by atoms with Crippen LogP contribution in [0.25, 0.3) is 16.9 Å². The molecule has 7 nitrogen and oxygen atoms in total. The molecule has 1 fully saturated rings. The second kappa shape index (κ2) is 10.3. The van der Waals surface area contributed by atoms with Gasteiger partial charge in [0.25, 0.3) is 5.91 Å². The number of likely N-dealkylation sites (N-methyl/N-ethyl adjacent to an activating group) is 1. The maximum absolute atomic E-state index is 13.5. The number of carbonyl (C=O) groups excluding carboxylic acids is 1. The Morgan fingerprint density at radius 3 is 2.43 bits per heavy atom. The van der Waals surface area contributed by atoms with Crippen LogP contribution in [0.3, 0.4) is 0 Å². The molecule has 2 aromatic heterocycles. The first-order chi connectivity index (χ1) is 17.0. The SMILES string of the molecule is CN1CCN(C(CNC(=O)c2cn(-c3ncccn3)c3cccc(Cl)c23)c2ccc(Cl)cc2)CC1. The summed E-state index contributed by atoms with van der Waals surface area (Å²) in [5.41, 5.74) is 2.39. The van der Waals surface area contributed by atoms with Gasteiger partial charge in [0.1, 0.15) is 0 Å². The van der Waals surface area contributed by atoms with Crippen LogP contribution in [0.15, 0.2) is 67.1 Å². The summed E-state index contributed by atoms with van der Waals surface area (Å²) in [6.45, 7) is 4.28. The zero-order valence-corrected chi connectivity index (χ0v) is 20.9. The van der Waals surface area contributed by atoms with Gasteiger partial charge < -0.3 is 10.2 Å². The number of aromatic nitrogens is 3. The van der Waals surface area contributed by atoms with Crippen molar-refractivity contribution in [3.63, 3.8) is 0 Å². The van der Waals surface area contributed by atoms with E-state index in [-0.39, 0.29) is 11.9 Å². The van der Waals surface area contributed by atoms with Crippen molar-refractivity contribution in [1.82, 2.24) is 29.7 Å². The lowest BCUT2D eigenvalue weighted by Crippen LogP contribution is -2.48. The Labute approximate surface area is 214 Å². The molecule has 35 heavy (non-hydrogen) atoms. The molecular formula is C26H26Cl2N6O. The van der Waals surface area contributed by atoms with Gasteiger partial charge in [0.05, 0.1) is 22.1 Å². The molecule has 0 spiro atoms. The van der Waals surface area contributed by atoms with Crippen LogP contribution < -0.4 is 5.32 Å². The molecule has 5 rings (SSSR count). The molecule has 1 aliphatic rings. The number of halogens is 2. The molecule has 1 aliphatic heterocycles. The molecule has 180 valence electrons. The van der Waals surface area contributed by atoms with Crippen LogP contribution in [-0.2, 0) is 0 Å². The molecule has 0 bridgehead atoms. The summed E-state index contributed by atoms with van der Waals surface area (Å²) in [5, 5.41) is 5.05. The Morgan fingerprint density at radius 1 is 1.00 bits per heavy atom. The van der Waals surface area contributed by atoms with Gasteiger partial charge in [-0.15, -0.1) is 0 Å². The summed E-state index contributed by atoms with van der Waals surface area (Å²) in [5.74, 6) is 0.293. The Balaban J connectivity index is 1.44. The van der Waals surface area contributed by atoms with Crippen molar-refractivity contribution >= 4 is 40.0 Å². The van der Waals surface area contributed by atoms with Gasteiger partial charge in [-0.2, -0.15) is 0 Å². The molecule has 2 aromatic carbocycles. The largest absolute Gasteiger partial charge is 0.350 e. The van der Waals surface area contributed by atoms with Gasteiger partial charge in [-0.25, -0.2) is 9.97 Å². The Bertz CT molecular complexity index is 1320. The maximum atomic E-state index is 13.5. The van der Waals surface area contributed by atoms with Crippen molar-refractivity contribution in [2.24, 2.45) is 0 Å². The molecule has 0 saturated carbocycles. The number of rotatable bonds is 6. The number of hydrogen-bond donors (Lipinski definition) is 1. The second-order valence-corrected chi connectivity index (χ2v) is 9.56. The molecule has 9 heteroatoms. The van der Waals surface area contributed by atoms with Gasteiger partial charge in [0.2, 0.25) is 5.95 Å². The molecule has 1 atom stereocenters. The first-order valence-electron chi connectivity index (χ1n) is 11.5. The van der Waals surface area contributed by atoms with Crippen LogP contribution in [0, 0.1) is 0 Å². The third-order valence-electron chi connectivity index (χ3n) is 6.48. The van der Waals surface area contributed by atoms with Gasteiger partial charge in [-0.3, -0.25) is 14.3 Å². The maximum Gasteiger partial charge on any atom is 0.253 e. The van der Waals surface area contributed by atoms with Gasteiger partial charge in [-0.1, -0.05) is 41.4 Å². The minimum absolute atomic E-state index is 0.0335. The molecule has 0 radical (unpaired) electrons. The molecule has 1 amide bonds. The summed E-state index contributed by atoms with van der Waals surface area (Å²) in [6.07, 6.45) is 5.10. The van der Waals surface area contributed by atoms with Crippen molar-refractivity contribution in [3.8, 4) is 5.95 Å². The van der Waals surface area contributed by atoms with E-state index in [1.807, 2.05) is 36.4 Å². The Hall–Kier alpha value is -2.97. The highest BCUT2D eigenvalue weighted by molar-refractivity contribution is 6.37. The zero-order valence-electron chi connectivity index (χ0n) is 19.4. The molecule has 3 heterocycles. The van der Waals surface area contributed by atoms with Crippen LogP contribution >= 0.6 is 23.2 Å². The van der Waals surface area contributed by atoms with E-state index >= 15 is 0 Å². The van der Waals surface area contributed by atoms with Gasteiger partial charge in [0, 0.05) is 61.7 Å². The number of carbonyl (C=O) groups is 1. The van der Waals surface area contributed by atoms with Crippen molar-refractivity contribution < 1.29 is 4.79 Å². The van der Waals surface area contributed by atoms with Crippen LogP contribution in [0.2, 0.25) is 10.0 Å². The van der Waals surface area contributed by atoms with Gasteiger partial charge >= 0.3 is 0 Å². The lowest BCUT2D eigenvalue weighted by Gasteiger charge is -2.38. The first kappa shape index (κ1) is 23.8. The smallest absolute Gasteiger partial charge is 0.253 e. The predicted molar refractivity (Wildman–Crippen MR) is 139 cm³/mol. The number of nitrogens with one attached hydrogen (secondary N) is 1. The minimum atomic E-state index is -0.189. The van der Waals surface area contributed by atoms with E-state index in [0.717, 1.165) is 37.3 Å². The normalized spacial score (nSPS) is 15.9. The van der Waals surface area contributed by atoms with Crippen molar-refractivity contribution in [3.05, 3.63) is 88.3 Å². The first-order valence-corrected chi connectivity index (χ1v) is 12.3. The van der Waals surface area contributed by atoms with Crippen molar-refractivity contribution in [2.45, 2.75) is 6.04 Å². The summed E-state index contributed by atoms with van der Waals surface area (Å²) >= 11 is 12.7. The van der Waals surface area contributed by atoms with Crippen molar-refractivity contribution in [2.75, 3.05) is 39.8 Å². The molecule has 1 saturated heterocycles. The van der Waals surface area contributed by atoms with Crippen LogP contribution in [-0.4, -0.2) is 70.0 Å². The fourth-order valence-corrected chi connectivity index (χ4v) is 4.95. The van der Waals surface area contributed by atoms with Crippen LogP contribution in [0.5, 0.6) is 0 Å². The predicted octanol–water partition coefficient (Wildman–Crippen LogP) is 4.45. The third-order valence-corrected chi connectivity index (χ3v) is 7.05. The Morgan fingerprint density at radius 2 is 1.71 bits per heavy atom. The average Bonchev–Trinajstić information content (AvgIpc) is 3.28. The summed E-state index contributed by atoms with van der Waals surface area (Å²) < 4.78 is 1.80. The zero-order chi connectivity index (χ0) is 24.4. The fourth-order valence-electron chi connectivity index (χ4n) is 4.56. The highest BCUT2D eigenvalue weighted by Gasteiger charge is 2.26. The summed E-state index contributed by atoms with van der Waals surface area (Å²) in [6, 6.07) is 15.2. The monoisotopic (exact) mass is 508 g/mol. The second-order valence-electron chi connectivity index (χ2n) is 8.71. The Kier molecular flexibility index (Phi) is 7.02. The van der Waals surface area contributed by atoms with Gasteiger partial charge in [-0.05, 0) is 42.9 Å². The highest BCUT2D eigenvalue weighted by Crippen LogP contribution is 2.30. The van der Waals surface area contributed by atoms with E-state index in [9.17, 15) is 4.79 Å². The molecule has 4 aromatic rings. The number of benzene rings is 2. The number of hydrogen-bond acceptors (Lipinski definition) is 5. The van der Waals surface area contributed by atoms with Crippen molar-refractivity contribution in [1.29, 1.82) is 0 Å². The molecular weight excluding hydrogens is 483 g/mol.